The maximum Gasteiger partial charge on any atom is 0.243 e. The van der Waals surface area contributed by atoms with Crippen LogP contribution in [-0.4, -0.2) is 69.6 Å². The van der Waals surface area contributed by atoms with E-state index in [1.807, 2.05) is 26.0 Å². The summed E-state index contributed by atoms with van der Waals surface area (Å²) in [4.78, 5) is 14.6. The number of nitrogens with zero attached hydrogens (tertiary/aromatic N) is 2. The summed E-state index contributed by atoms with van der Waals surface area (Å²) in [5.74, 6) is -0.702. The highest BCUT2D eigenvalue weighted by Crippen LogP contribution is 2.31. The minimum absolute atomic E-state index is 0.0564. The monoisotopic (exact) mass is 456 g/mol. The van der Waals surface area contributed by atoms with Crippen molar-refractivity contribution in [3.63, 3.8) is 0 Å². The Labute approximate surface area is 180 Å². The maximum atomic E-state index is 13.4. The van der Waals surface area contributed by atoms with E-state index in [0.717, 1.165) is 16.7 Å². The third-order valence-electron chi connectivity index (χ3n) is 6.06. The summed E-state index contributed by atoms with van der Waals surface area (Å²) in [7, 11) is -6.80. The van der Waals surface area contributed by atoms with E-state index in [2.05, 4.69) is 20.8 Å². The van der Waals surface area contributed by atoms with Gasteiger partial charge in [-0.1, -0.05) is 32.9 Å². The van der Waals surface area contributed by atoms with E-state index in [4.69, 9.17) is 0 Å². The van der Waals surface area contributed by atoms with Gasteiger partial charge in [-0.15, -0.1) is 0 Å². The average molecular weight is 457 g/mol. The maximum absolute atomic E-state index is 13.4. The second-order valence-corrected chi connectivity index (χ2v) is 13.6. The van der Waals surface area contributed by atoms with E-state index in [-0.39, 0.29) is 49.0 Å². The Kier molecular flexibility index (Phi) is 6.12. The zero-order chi connectivity index (χ0) is 22.5. The first-order valence-electron chi connectivity index (χ1n) is 10.3. The van der Waals surface area contributed by atoms with Gasteiger partial charge in [0.1, 0.15) is 0 Å². The van der Waals surface area contributed by atoms with Crippen LogP contribution in [0, 0.1) is 19.8 Å². The number of benzene rings is 1. The second-order valence-electron chi connectivity index (χ2n) is 9.52. The van der Waals surface area contributed by atoms with Crippen molar-refractivity contribution in [3.05, 3.63) is 28.8 Å². The number of sulfonamides is 1. The summed E-state index contributed by atoms with van der Waals surface area (Å²) < 4.78 is 51.5. The second kappa shape index (κ2) is 7.91. The molecule has 1 aromatic carbocycles. The van der Waals surface area contributed by atoms with Crippen molar-refractivity contribution < 1.29 is 21.6 Å². The lowest BCUT2D eigenvalue weighted by atomic mass is 9.85. The number of aryl methyl sites for hydroxylation is 2. The lowest BCUT2D eigenvalue weighted by Gasteiger charge is -2.35. The van der Waals surface area contributed by atoms with Crippen LogP contribution >= 0.6 is 0 Å². The topological polar surface area (TPSA) is 91.8 Å². The minimum Gasteiger partial charge on any atom is -0.340 e. The predicted molar refractivity (Wildman–Crippen MR) is 117 cm³/mol. The molecule has 1 aromatic rings. The fourth-order valence-electron chi connectivity index (χ4n) is 4.32. The van der Waals surface area contributed by atoms with Crippen molar-refractivity contribution in [1.82, 2.24) is 9.21 Å². The molecule has 0 saturated carbocycles. The quantitative estimate of drug-likeness (QED) is 0.692. The molecule has 2 aliphatic rings. The summed E-state index contributed by atoms with van der Waals surface area (Å²) >= 11 is 0. The van der Waals surface area contributed by atoms with E-state index in [1.165, 1.54) is 4.31 Å². The molecule has 0 spiro atoms. The molecule has 1 atom stereocenters. The lowest BCUT2D eigenvalue weighted by Crippen LogP contribution is -2.52. The molecule has 7 nitrogen and oxygen atoms in total. The number of carbonyl (C=O) groups excluding carboxylic acids is 1. The molecule has 0 N–H and O–H groups in total. The van der Waals surface area contributed by atoms with Gasteiger partial charge in [0.15, 0.2) is 9.84 Å². The van der Waals surface area contributed by atoms with E-state index in [0.29, 0.717) is 11.3 Å². The van der Waals surface area contributed by atoms with Crippen LogP contribution in [-0.2, 0) is 30.1 Å². The Bertz CT molecular complexity index is 1020. The minimum atomic E-state index is -3.67. The normalized spacial score (nSPS) is 23.0. The van der Waals surface area contributed by atoms with Gasteiger partial charge in [0.2, 0.25) is 15.9 Å². The number of piperazine rings is 1. The van der Waals surface area contributed by atoms with Crippen LogP contribution in [0.15, 0.2) is 17.0 Å². The van der Waals surface area contributed by atoms with Crippen LogP contribution in [0.3, 0.4) is 0 Å². The first-order chi connectivity index (χ1) is 13.7. The molecule has 9 heteroatoms. The van der Waals surface area contributed by atoms with Crippen molar-refractivity contribution in [2.45, 2.75) is 51.3 Å². The highest BCUT2D eigenvalue weighted by molar-refractivity contribution is 7.91. The standard InChI is InChI=1S/C21H32N2O5S2/c1-15-12-18(21(3,4)5)13-16(2)19(15)30(27,28)23-9-7-22(8-10-23)20(24)17-6-11-29(25,26)14-17/h12-13,17H,6-11,14H2,1-5H3. The van der Waals surface area contributed by atoms with Crippen LogP contribution in [0.4, 0.5) is 0 Å². The number of amides is 1. The Morgan fingerprint density at radius 2 is 1.57 bits per heavy atom. The third-order valence-corrected chi connectivity index (χ3v) is 10.0. The van der Waals surface area contributed by atoms with E-state index in [1.54, 1.807) is 4.90 Å². The summed E-state index contributed by atoms with van der Waals surface area (Å²) in [6.45, 7) is 11.0. The third kappa shape index (κ3) is 4.57. The zero-order valence-electron chi connectivity index (χ0n) is 18.4. The Hall–Kier alpha value is -1.45. The molecule has 1 amide bonds. The molecule has 3 rings (SSSR count). The van der Waals surface area contributed by atoms with Crippen molar-refractivity contribution in [3.8, 4) is 0 Å². The van der Waals surface area contributed by atoms with E-state index in [9.17, 15) is 21.6 Å². The number of hydrogen-bond acceptors (Lipinski definition) is 5. The first kappa shape index (κ1) is 23.2. The summed E-state index contributed by atoms with van der Waals surface area (Å²) in [6.07, 6.45) is 0.359. The molecule has 0 radical (unpaired) electrons. The largest absolute Gasteiger partial charge is 0.340 e. The molecule has 2 fully saturated rings. The highest BCUT2D eigenvalue weighted by Gasteiger charge is 2.38. The van der Waals surface area contributed by atoms with Crippen LogP contribution in [0.1, 0.15) is 43.9 Å². The number of carbonyl (C=O) groups is 1. The molecule has 0 aromatic heterocycles. The van der Waals surface area contributed by atoms with Gasteiger partial charge in [0, 0.05) is 26.2 Å². The molecule has 30 heavy (non-hydrogen) atoms. The SMILES string of the molecule is Cc1cc(C(C)(C)C)cc(C)c1S(=O)(=O)N1CCN(C(=O)C2CCS(=O)(=O)C2)CC1. The summed E-state index contributed by atoms with van der Waals surface area (Å²) in [6, 6.07) is 3.89. The van der Waals surface area contributed by atoms with Crippen molar-refractivity contribution in [2.24, 2.45) is 5.92 Å². The van der Waals surface area contributed by atoms with Crippen LogP contribution in [0.2, 0.25) is 0 Å². The smallest absolute Gasteiger partial charge is 0.243 e. The van der Waals surface area contributed by atoms with Gasteiger partial charge in [-0.25, -0.2) is 16.8 Å². The number of sulfone groups is 1. The molecule has 2 aliphatic heterocycles. The molecule has 0 bridgehead atoms. The predicted octanol–water partition coefficient (Wildman–Crippen LogP) is 1.87. The zero-order valence-corrected chi connectivity index (χ0v) is 20.1. The van der Waals surface area contributed by atoms with Gasteiger partial charge >= 0.3 is 0 Å². The summed E-state index contributed by atoms with van der Waals surface area (Å²) in [5.41, 5.74) is 2.49. The molecule has 2 heterocycles. The molecule has 2 saturated heterocycles. The summed E-state index contributed by atoms with van der Waals surface area (Å²) in [5, 5.41) is 0. The Balaban J connectivity index is 1.75. The molecule has 1 unspecified atom stereocenters. The van der Waals surface area contributed by atoms with Gasteiger partial charge in [-0.2, -0.15) is 4.31 Å². The fraction of sp³-hybridized carbons (Fsp3) is 0.667. The van der Waals surface area contributed by atoms with Gasteiger partial charge in [-0.05, 0) is 42.4 Å². The average Bonchev–Trinajstić information content (AvgIpc) is 2.99. The Morgan fingerprint density at radius 1 is 1.03 bits per heavy atom. The van der Waals surface area contributed by atoms with Gasteiger partial charge in [0.05, 0.1) is 22.3 Å². The molecular formula is C21H32N2O5S2. The number of rotatable bonds is 3. The van der Waals surface area contributed by atoms with Gasteiger partial charge in [0.25, 0.3) is 0 Å². The van der Waals surface area contributed by atoms with Crippen LogP contribution < -0.4 is 0 Å². The van der Waals surface area contributed by atoms with Gasteiger partial charge < -0.3 is 4.90 Å². The molecule has 0 aliphatic carbocycles. The van der Waals surface area contributed by atoms with Crippen molar-refractivity contribution in [1.29, 1.82) is 0 Å². The fourth-order valence-corrected chi connectivity index (χ4v) is 7.88. The van der Waals surface area contributed by atoms with E-state index >= 15 is 0 Å². The van der Waals surface area contributed by atoms with Crippen molar-refractivity contribution >= 4 is 25.8 Å². The van der Waals surface area contributed by atoms with Crippen molar-refractivity contribution in [2.75, 3.05) is 37.7 Å². The molecule has 168 valence electrons. The van der Waals surface area contributed by atoms with Gasteiger partial charge in [-0.3, -0.25) is 4.79 Å². The first-order valence-corrected chi connectivity index (χ1v) is 13.6. The van der Waals surface area contributed by atoms with E-state index < -0.39 is 25.8 Å². The van der Waals surface area contributed by atoms with Crippen LogP contribution in [0.25, 0.3) is 0 Å². The Morgan fingerprint density at radius 3 is 2.00 bits per heavy atom. The molecular weight excluding hydrogens is 424 g/mol. The lowest BCUT2D eigenvalue weighted by molar-refractivity contribution is -0.135. The van der Waals surface area contributed by atoms with Crippen LogP contribution in [0.5, 0.6) is 0 Å². The highest BCUT2D eigenvalue weighted by atomic mass is 32.2. The number of hydrogen-bond donors (Lipinski definition) is 0.